The molecule has 6 nitrogen and oxygen atoms in total. The van der Waals surface area contributed by atoms with E-state index in [1.54, 1.807) is 31.2 Å². The highest BCUT2D eigenvalue weighted by Crippen LogP contribution is 2.43. The quantitative estimate of drug-likeness (QED) is 0.0810. The summed E-state index contributed by atoms with van der Waals surface area (Å²) in [4.78, 5) is 24.3. The first-order valence-electron chi connectivity index (χ1n) is 15.8. The summed E-state index contributed by atoms with van der Waals surface area (Å²) >= 11 is 0. The van der Waals surface area contributed by atoms with Gasteiger partial charge in [0.2, 0.25) is 0 Å². The molecule has 0 aliphatic heterocycles. The summed E-state index contributed by atoms with van der Waals surface area (Å²) in [5.41, 5.74) is 0.437. The van der Waals surface area contributed by atoms with Gasteiger partial charge in [-0.25, -0.2) is 13.6 Å². The Balaban J connectivity index is 2.18. The number of unbranched alkanes of at least 4 members (excludes halogenated alkanes) is 1. The van der Waals surface area contributed by atoms with E-state index in [0.717, 1.165) is 0 Å². The molecular weight excluding hydrogens is 570 g/mol. The number of allylic oxidation sites excluding steroid dienone is 2. The van der Waals surface area contributed by atoms with Gasteiger partial charge in [0.25, 0.3) is 5.92 Å². The van der Waals surface area contributed by atoms with Crippen LogP contribution in [-0.2, 0) is 18.7 Å². The third kappa shape index (κ3) is 11.4. The van der Waals surface area contributed by atoms with Gasteiger partial charge in [-0.3, -0.25) is 4.79 Å². The van der Waals surface area contributed by atoms with Crippen LogP contribution in [0.4, 0.5) is 8.78 Å². The number of hydrogen-bond donors (Lipinski definition) is 1. The Hall–Kier alpha value is -2.10. The fraction of sp³-hybridized carbons (Fsp3) is 0.706. The summed E-state index contributed by atoms with van der Waals surface area (Å²) in [6.07, 6.45) is 5.52. The van der Waals surface area contributed by atoms with E-state index in [0.29, 0.717) is 56.9 Å². The highest BCUT2D eigenvalue weighted by atomic mass is 28.4. The number of esters is 2. The minimum Gasteiger partial charge on any atom is -0.469 e. The van der Waals surface area contributed by atoms with Crippen LogP contribution < -0.4 is 0 Å². The van der Waals surface area contributed by atoms with Crippen molar-refractivity contribution < 1.29 is 37.4 Å². The van der Waals surface area contributed by atoms with Crippen LogP contribution in [0.2, 0.25) is 18.1 Å². The number of carbonyl (C=O) groups is 2. The van der Waals surface area contributed by atoms with E-state index in [-0.39, 0.29) is 35.7 Å². The maximum atomic E-state index is 15.4. The number of halogens is 2. The first kappa shape index (κ1) is 37.1. The van der Waals surface area contributed by atoms with Gasteiger partial charge in [0.1, 0.15) is 12.2 Å². The number of alkyl halides is 2. The molecular formula is C34H54F2O6Si. The molecule has 0 aromatic heterocycles. The number of carbonyl (C=O) groups excluding carboxylic acids is 2. The van der Waals surface area contributed by atoms with Crippen molar-refractivity contribution in [1.82, 2.24) is 0 Å². The Morgan fingerprint density at radius 2 is 1.77 bits per heavy atom. The van der Waals surface area contributed by atoms with Crippen LogP contribution in [-0.4, -0.2) is 56.7 Å². The third-order valence-corrected chi connectivity index (χ3v) is 13.6. The predicted octanol–water partition coefficient (Wildman–Crippen LogP) is 8.49. The monoisotopic (exact) mass is 624 g/mol. The number of benzene rings is 1. The highest BCUT2D eigenvalue weighted by Gasteiger charge is 2.48. The summed E-state index contributed by atoms with van der Waals surface area (Å²) in [6, 6.07) is 8.74. The topological polar surface area (TPSA) is 82.1 Å². The Labute approximate surface area is 258 Å². The van der Waals surface area contributed by atoms with Crippen molar-refractivity contribution in [3.8, 4) is 0 Å². The van der Waals surface area contributed by atoms with Gasteiger partial charge in [-0.15, -0.1) is 0 Å². The molecule has 9 heteroatoms. The predicted molar refractivity (Wildman–Crippen MR) is 169 cm³/mol. The van der Waals surface area contributed by atoms with Crippen LogP contribution in [0.15, 0.2) is 42.5 Å². The second-order valence-electron chi connectivity index (χ2n) is 13.4. The average Bonchev–Trinajstić information content (AvgIpc) is 3.22. The molecule has 1 aromatic carbocycles. The molecule has 0 bridgehead atoms. The lowest BCUT2D eigenvalue weighted by Gasteiger charge is -2.41. The molecule has 0 saturated heterocycles. The van der Waals surface area contributed by atoms with Crippen molar-refractivity contribution in [3.05, 3.63) is 48.0 Å². The second kappa shape index (κ2) is 16.8. The number of methoxy groups -OCH3 is 1. The molecule has 1 aliphatic rings. The van der Waals surface area contributed by atoms with Crippen molar-refractivity contribution in [1.29, 1.82) is 0 Å². The Bertz CT molecular complexity index is 1020. The maximum Gasteiger partial charge on any atom is 0.338 e. The number of hydrogen-bond acceptors (Lipinski definition) is 6. The van der Waals surface area contributed by atoms with E-state index in [1.807, 2.05) is 52.1 Å². The van der Waals surface area contributed by atoms with Crippen LogP contribution in [0.3, 0.4) is 0 Å². The SMILES string of the molecule is CCCC(F)(F)C(CCC[C@@H]1[C@@H](C/C=C\CCCC(=O)OC)[C@@H](O)C[C@H]1OC(=O)c1ccccc1)O[Si](C)(C)C(C)(C)C. The molecule has 1 saturated carbocycles. The Morgan fingerprint density at radius 1 is 1.09 bits per heavy atom. The minimum atomic E-state index is -2.94. The molecule has 0 amide bonds. The van der Waals surface area contributed by atoms with E-state index in [2.05, 4.69) is 4.74 Å². The third-order valence-electron chi connectivity index (χ3n) is 9.12. The fourth-order valence-corrected chi connectivity index (χ4v) is 6.91. The molecule has 0 radical (unpaired) electrons. The minimum absolute atomic E-state index is 0.179. The summed E-state index contributed by atoms with van der Waals surface area (Å²) in [6.45, 7) is 11.9. The number of ether oxygens (including phenoxy) is 2. The van der Waals surface area contributed by atoms with Crippen molar-refractivity contribution in [2.45, 2.75) is 134 Å². The standard InChI is InChI=1S/C34H54F2O6Si/c1-8-23-34(35,36)30(42-43(6,7)33(2,3)4)21-16-20-27-26(19-14-9-10-15-22-31(38)40-5)28(37)24-29(27)41-32(39)25-17-12-11-13-18-25/h9,11-14,17-18,26-30,37H,8,10,15-16,19-24H2,1-7H3/b14-9-/t26-,27-,28+,29-,30?/m1/s1. The van der Waals surface area contributed by atoms with Gasteiger partial charge >= 0.3 is 11.9 Å². The van der Waals surface area contributed by atoms with Crippen LogP contribution in [0.1, 0.15) is 102 Å². The van der Waals surface area contributed by atoms with Crippen molar-refractivity contribution >= 4 is 20.3 Å². The molecule has 5 atom stereocenters. The van der Waals surface area contributed by atoms with Crippen LogP contribution in [0, 0.1) is 11.8 Å². The summed E-state index contributed by atoms with van der Waals surface area (Å²) in [5, 5.41) is 10.8. The van der Waals surface area contributed by atoms with Crippen LogP contribution in [0.5, 0.6) is 0 Å². The molecule has 1 unspecified atom stereocenters. The zero-order valence-electron chi connectivity index (χ0n) is 27.2. The number of rotatable bonds is 17. The number of aliphatic hydroxyl groups excluding tert-OH is 1. The van der Waals surface area contributed by atoms with E-state index in [4.69, 9.17) is 9.16 Å². The smallest absolute Gasteiger partial charge is 0.338 e. The van der Waals surface area contributed by atoms with Gasteiger partial charge in [0.15, 0.2) is 8.32 Å². The summed E-state index contributed by atoms with van der Waals surface area (Å²) in [7, 11) is -1.08. The molecule has 1 fully saturated rings. The Morgan fingerprint density at radius 3 is 2.37 bits per heavy atom. The van der Waals surface area contributed by atoms with E-state index < -0.39 is 38.5 Å². The molecule has 43 heavy (non-hydrogen) atoms. The normalized spacial score (nSPS) is 22.1. The fourth-order valence-electron chi connectivity index (χ4n) is 5.56. The van der Waals surface area contributed by atoms with Crippen LogP contribution >= 0.6 is 0 Å². The molecule has 1 aliphatic carbocycles. The summed E-state index contributed by atoms with van der Waals surface area (Å²) < 4.78 is 47.7. The molecule has 2 rings (SSSR count). The molecule has 0 heterocycles. The zero-order chi connectivity index (χ0) is 32.3. The zero-order valence-corrected chi connectivity index (χ0v) is 28.2. The average molecular weight is 625 g/mol. The maximum absolute atomic E-state index is 15.4. The molecule has 1 N–H and O–H groups in total. The lowest BCUT2D eigenvalue weighted by Crippen LogP contribution is -2.49. The van der Waals surface area contributed by atoms with Gasteiger partial charge in [0.05, 0.1) is 18.8 Å². The van der Waals surface area contributed by atoms with Gasteiger partial charge in [-0.2, -0.15) is 0 Å². The lowest BCUT2D eigenvalue weighted by atomic mass is 9.85. The summed E-state index contributed by atoms with van der Waals surface area (Å²) in [5.74, 6) is -4.00. The largest absolute Gasteiger partial charge is 0.469 e. The van der Waals surface area contributed by atoms with Gasteiger partial charge in [-0.1, -0.05) is 70.9 Å². The van der Waals surface area contributed by atoms with Crippen molar-refractivity contribution in [2.24, 2.45) is 11.8 Å². The molecule has 0 spiro atoms. The van der Waals surface area contributed by atoms with E-state index >= 15 is 8.78 Å². The second-order valence-corrected chi connectivity index (χ2v) is 18.2. The van der Waals surface area contributed by atoms with Gasteiger partial charge < -0.3 is 19.0 Å². The van der Waals surface area contributed by atoms with Gasteiger partial charge in [-0.05, 0) is 68.3 Å². The van der Waals surface area contributed by atoms with E-state index in [9.17, 15) is 14.7 Å². The van der Waals surface area contributed by atoms with Crippen molar-refractivity contribution in [2.75, 3.05) is 7.11 Å². The first-order chi connectivity index (χ1) is 20.1. The van der Waals surface area contributed by atoms with Crippen LogP contribution in [0.25, 0.3) is 0 Å². The molecule has 1 aromatic rings. The van der Waals surface area contributed by atoms with Gasteiger partial charge in [0, 0.05) is 25.2 Å². The molecule has 244 valence electrons. The lowest BCUT2D eigenvalue weighted by molar-refractivity contribution is -0.140. The Kier molecular flexibility index (Phi) is 14.5. The van der Waals surface area contributed by atoms with Crippen molar-refractivity contribution in [3.63, 3.8) is 0 Å². The first-order valence-corrected chi connectivity index (χ1v) is 18.7. The van der Waals surface area contributed by atoms with E-state index in [1.165, 1.54) is 7.11 Å². The highest BCUT2D eigenvalue weighted by molar-refractivity contribution is 6.74. The number of aliphatic hydroxyl groups is 1.